The van der Waals surface area contributed by atoms with E-state index >= 15 is 9.59 Å². The SMILES string of the molecule is CN[C@@H](C)C(=O)N[C@H](C(=O)N1Cc2ccc(NC(=O)CNC(=O)[C@]3(C(=O)[C@H](C)N4C[C@@H](C)NC[C@@H]4CN4CCOC[C@H]4C)CNc4cc(Cc5ccc(F)cc5)ccc43)cc2[C@H]1C(=O)Nc1c(F)cccc1F)[C@@H](C)OC.Cl.Cl.Cl. The molecule has 5 amide bonds. The van der Waals surface area contributed by atoms with Crippen LogP contribution >= 0.6 is 37.2 Å². The fourth-order valence-corrected chi connectivity index (χ4v) is 10.8. The van der Waals surface area contributed by atoms with Gasteiger partial charge in [0.05, 0.1) is 37.9 Å². The summed E-state index contributed by atoms with van der Waals surface area (Å²) in [6.07, 6.45) is -0.422. The summed E-state index contributed by atoms with van der Waals surface area (Å²) in [4.78, 5) is 92.1. The van der Waals surface area contributed by atoms with E-state index in [1.807, 2.05) is 19.1 Å². The van der Waals surface area contributed by atoms with Gasteiger partial charge in [0.2, 0.25) is 23.6 Å². The molecule has 7 N–H and O–H groups in total. The van der Waals surface area contributed by atoms with Crippen molar-refractivity contribution in [1.82, 2.24) is 36.0 Å². The largest absolute Gasteiger partial charge is 0.383 e. The lowest BCUT2D eigenvalue weighted by Gasteiger charge is -2.46. The maximum absolute atomic E-state index is 15.5. The van der Waals surface area contributed by atoms with Crippen LogP contribution in [0.5, 0.6) is 0 Å². The normalized spacial score (nSPS) is 22.0. The van der Waals surface area contributed by atoms with E-state index < -0.39 is 89.1 Å². The molecule has 0 unspecified atom stereocenters. The van der Waals surface area contributed by atoms with Crippen LogP contribution in [0.1, 0.15) is 68.5 Å². The predicted octanol–water partition coefficient (Wildman–Crippen LogP) is 4.87. The minimum atomic E-state index is -1.78. The van der Waals surface area contributed by atoms with E-state index in [1.165, 1.54) is 25.3 Å². The molecule has 436 valence electrons. The summed E-state index contributed by atoms with van der Waals surface area (Å²) < 4.78 is 54.9. The number of halogens is 6. The van der Waals surface area contributed by atoms with Gasteiger partial charge < -0.3 is 51.6 Å². The summed E-state index contributed by atoms with van der Waals surface area (Å²) in [5, 5.41) is 20.3. The zero-order valence-electron chi connectivity index (χ0n) is 45.7. The highest BCUT2D eigenvalue weighted by atomic mass is 35.5. The average molecular weight is 1180 g/mol. The summed E-state index contributed by atoms with van der Waals surface area (Å²) in [6, 6.07) is 15.2. The Kier molecular flexibility index (Phi) is 22.9. The Balaban J connectivity index is 0.00000392. The van der Waals surface area contributed by atoms with Gasteiger partial charge in [0, 0.05) is 81.4 Å². The smallest absolute Gasteiger partial charge is 0.252 e. The number of nitrogens with zero attached hydrogens (tertiary/aromatic N) is 3. The minimum Gasteiger partial charge on any atom is -0.383 e. The lowest BCUT2D eigenvalue weighted by Crippen LogP contribution is -2.66. The van der Waals surface area contributed by atoms with Crippen LogP contribution in [0.4, 0.5) is 30.2 Å². The topological polar surface area (TPSA) is 215 Å². The number of morpholine rings is 1. The first-order valence-electron chi connectivity index (χ1n) is 26.1. The van der Waals surface area contributed by atoms with Gasteiger partial charge in [-0.05, 0) is 113 Å². The number of benzene rings is 4. The molecule has 0 aromatic heterocycles. The predicted molar refractivity (Wildman–Crippen MR) is 305 cm³/mol. The van der Waals surface area contributed by atoms with Crippen molar-refractivity contribution in [2.75, 3.05) is 82.6 Å². The van der Waals surface area contributed by atoms with Crippen molar-refractivity contribution >= 4 is 89.6 Å². The first kappa shape index (κ1) is 64.9. The number of carbonyl (C=O) groups excluding carboxylic acids is 6. The fraction of sp³-hybridized carbons (Fsp3) is 0.464. The molecule has 80 heavy (non-hydrogen) atoms. The molecular formula is C56H72Cl3F3N10O8. The van der Waals surface area contributed by atoms with Crippen LogP contribution in [0.2, 0.25) is 0 Å². The summed E-state index contributed by atoms with van der Waals surface area (Å²) in [6.45, 7) is 12.1. The Morgan fingerprint density at radius 3 is 2.26 bits per heavy atom. The molecule has 0 spiro atoms. The van der Waals surface area contributed by atoms with Gasteiger partial charge in [0.1, 0.15) is 35.2 Å². The van der Waals surface area contributed by atoms with Crippen molar-refractivity contribution < 1.29 is 51.4 Å². The van der Waals surface area contributed by atoms with E-state index in [9.17, 15) is 32.3 Å². The van der Waals surface area contributed by atoms with Gasteiger partial charge in [0.15, 0.2) is 11.2 Å². The number of likely N-dealkylation sites (N-methyl/N-ethyl adjacent to an activating group) is 1. The van der Waals surface area contributed by atoms with E-state index in [2.05, 4.69) is 60.9 Å². The number of carbonyl (C=O) groups is 6. The number of rotatable bonds is 19. The highest BCUT2D eigenvalue weighted by Crippen LogP contribution is 2.41. The number of amides is 5. The van der Waals surface area contributed by atoms with Gasteiger partial charge in [-0.25, -0.2) is 13.2 Å². The van der Waals surface area contributed by atoms with E-state index in [0.29, 0.717) is 56.1 Å². The number of hydrogen-bond donors (Lipinski definition) is 7. The van der Waals surface area contributed by atoms with E-state index in [4.69, 9.17) is 9.47 Å². The molecule has 0 saturated carbocycles. The first-order chi connectivity index (χ1) is 36.8. The standard InChI is InChI=1S/C56H69F3N10O8.3ClH/c1-31-26-68(41(24-61-31)28-67-19-20-77-29-32(67)2)34(4)51(71)56(30-63-46-22-37(13-18-43(46)56)21-36-11-15-39(57)16-12-36)55(75)62-25-47(70)64-40-17-14-38-27-69(54(74)48(35(5)76-7)65-52(72)33(3)60-6)50(42(38)23-40)53(73)66-49-44(58)9-8-10-45(49)59;;;/h8-18,22-23,31-35,41,48,50,60-61,63H,19-21,24-30H2,1-7H3,(H,62,75)(H,64,70)(H,65,72)(H,66,73);3*1H/t31-,32-,33+,34+,35-,41-,48+,50+,56-;;;/m1.../s1. The van der Waals surface area contributed by atoms with E-state index in [-0.39, 0.29) is 91.3 Å². The second-order valence-electron chi connectivity index (χ2n) is 20.6. The molecule has 0 aliphatic carbocycles. The van der Waals surface area contributed by atoms with Crippen LogP contribution in [0.3, 0.4) is 0 Å². The van der Waals surface area contributed by atoms with Crippen LogP contribution in [0.25, 0.3) is 0 Å². The quantitative estimate of drug-likeness (QED) is 0.0626. The monoisotopic (exact) mass is 1170 g/mol. The molecule has 2 fully saturated rings. The van der Waals surface area contributed by atoms with Crippen molar-refractivity contribution in [3.05, 3.63) is 124 Å². The van der Waals surface area contributed by atoms with Crippen molar-refractivity contribution in [2.24, 2.45) is 0 Å². The molecule has 4 aromatic carbocycles. The van der Waals surface area contributed by atoms with Crippen molar-refractivity contribution in [3.8, 4) is 0 Å². The van der Waals surface area contributed by atoms with Crippen LogP contribution in [-0.4, -0.2) is 159 Å². The second kappa shape index (κ2) is 28.2. The molecule has 4 heterocycles. The maximum Gasteiger partial charge on any atom is 0.252 e. The second-order valence-corrected chi connectivity index (χ2v) is 20.6. The molecule has 2 saturated heterocycles. The number of methoxy groups -OCH3 is 1. The Labute approximate surface area is 483 Å². The molecule has 18 nitrogen and oxygen atoms in total. The third kappa shape index (κ3) is 14.1. The molecule has 4 aromatic rings. The van der Waals surface area contributed by atoms with E-state index in [1.54, 1.807) is 51.2 Å². The third-order valence-electron chi connectivity index (χ3n) is 15.5. The maximum atomic E-state index is 15.5. The Morgan fingerprint density at radius 2 is 1.59 bits per heavy atom. The lowest BCUT2D eigenvalue weighted by molar-refractivity contribution is -0.145. The lowest BCUT2D eigenvalue weighted by atomic mass is 9.74. The number of nitrogens with one attached hydrogen (secondary N) is 7. The summed E-state index contributed by atoms with van der Waals surface area (Å²) in [5.41, 5.74) is 1.07. The molecule has 4 aliphatic rings. The summed E-state index contributed by atoms with van der Waals surface area (Å²) in [7, 11) is 2.93. The van der Waals surface area contributed by atoms with Gasteiger partial charge in [-0.3, -0.25) is 38.6 Å². The number of anilines is 3. The zero-order valence-corrected chi connectivity index (χ0v) is 48.1. The number of para-hydroxylation sites is 1. The van der Waals surface area contributed by atoms with Crippen LogP contribution < -0.4 is 37.2 Å². The van der Waals surface area contributed by atoms with Crippen LogP contribution in [0.15, 0.2) is 78.9 Å². The Bertz CT molecular complexity index is 2860. The summed E-state index contributed by atoms with van der Waals surface area (Å²) in [5.74, 6) is -6.44. The average Bonchev–Trinajstić information content (AvgIpc) is 4.23. The first-order valence-corrected chi connectivity index (χ1v) is 26.1. The number of ether oxygens (including phenoxy) is 2. The van der Waals surface area contributed by atoms with Gasteiger partial charge >= 0.3 is 0 Å². The number of Topliss-reactive ketones (excluding diaryl/α,β-unsaturated/α-hetero) is 1. The summed E-state index contributed by atoms with van der Waals surface area (Å²) >= 11 is 0. The minimum absolute atomic E-state index is 0. The molecule has 24 heteroatoms. The number of piperazine rings is 1. The highest BCUT2D eigenvalue weighted by molar-refractivity contribution is 6.17. The van der Waals surface area contributed by atoms with Crippen LogP contribution in [-0.2, 0) is 56.6 Å². The number of ketones is 1. The molecule has 0 bridgehead atoms. The third-order valence-corrected chi connectivity index (χ3v) is 15.5. The molecular weight excluding hydrogens is 1100 g/mol. The number of hydrogen-bond acceptors (Lipinski definition) is 13. The Hall–Kier alpha value is -5.88. The number of fused-ring (bicyclic) bond motifs is 2. The van der Waals surface area contributed by atoms with E-state index in [0.717, 1.165) is 40.8 Å². The molecule has 4 aliphatic heterocycles. The highest BCUT2D eigenvalue weighted by Gasteiger charge is 2.55. The molecule has 8 rings (SSSR count). The van der Waals surface area contributed by atoms with Gasteiger partial charge in [-0.2, -0.15) is 0 Å². The van der Waals surface area contributed by atoms with Gasteiger partial charge in [-0.15, -0.1) is 37.2 Å². The fourth-order valence-electron chi connectivity index (χ4n) is 10.8. The van der Waals surface area contributed by atoms with Gasteiger partial charge in [-0.1, -0.05) is 36.4 Å². The molecule has 9 atom stereocenters. The van der Waals surface area contributed by atoms with Crippen molar-refractivity contribution in [3.63, 3.8) is 0 Å². The molecule has 0 radical (unpaired) electrons. The Morgan fingerprint density at radius 1 is 0.887 bits per heavy atom. The van der Waals surface area contributed by atoms with Crippen molar-refractivity contribution in [1.29, 1.82) is 0 Å². The van der Waals surface area contributed by atoms with Crippen molar-refractivity contribution in [2.45, 2.75) is 101 Å². The van der Waals surface area contributed by atoms with Gasteiger partial charge in [0.25, 0.3) is 5.91 Å². The van der Waals surface area contributed by atoms with Crippen LogP contribution in [0, 0.1) is 17.5 Å². The zero-order chi connectivity index (χ0) is 55.3.